The molecule has 0 radical (unpaired) electrons. The predicted molar refractivity (Wildman–Crippen MR) is 60.8 cm³/mol. The highest BCUT2D eigenvalue weighted by molar-refractivity contribution is 5.84. The zero-order valence-electron chi connectivity index (χ0n) is 10.2. The molecule has 2 rings (SSSR count). The summed E-state index contributed by atoms with van der Waals surface area (Å²) in [7, 11) is 0. The molecule has 8 heteroatoms. The normalized spacial score (nSPS) is 28.3. The van der Waals surface area contributed by atoms with E-state index in [9.17, 15) is 18.0 Å². The fourth-order valence-electron chi connectivity index (χ4n) is 2.41. The van der Waals surface area contributed by atoms with Gasteiger partial charge < -0.3 is 11.5 Å². The number of halogens is 3. The topological polar surface area (TPSA) is 86.9 Å². The van der Waals surface area contributed by atoms with E-state index in [0.29, 0.717) is 19.3 Å². The molecule has 1 aromatic heterocycles. The molecule has 0 aliphatic heterocycles. The van der Waals surface area contributed by atoms with E-state index in [2.05, 4.69) is 5.10 Å². The number of carbonyl (C=O) groups excluding carboxylic acids is 1. The third-order valence-corrected chi connectivity index (χ3v) is 3.55. The van der Waals surface area contributed by atoms with Gasteiger partial charge in [-0.2, -0.15) is 18.3 Å². The average Bonchev–Trinajstić information content (AvgIpc) is 2.77. The van der Waals surface area contributed by atoms with E-state index in [0.717, 1.165) is 12.4 Å². The minimum atomic E-state index is -4.42. The Morgan fingerprint density at radius 3 is 2.74 bits per heavy atom. The molecule has 0 spiro atoms. The van der Waals surface area contributed by atoms with Crippen LogP contribution in [0.5, 0.6) is 0 Å². The summed E-state index contributed by atoms with van der Waals surface area (Å²) < 4.78 is 38.7. The Kier molecular flexibility index (Phi) is 3.29. The maximum atomic E-state index is 12.5. The van der Waals surface area contributed by atoms with E-state index < -0.39 is 23.2 Å². The summed E-state index contributed by atoms with van der Waals surface area (Å²) in [5, 5.41) is 3.72. The minimum absolute atomic E-state index is 0.210. The van der Waals surface area contributed by atoms with Crippen molar-refractivity contribution in [1.29, 1.82) is 0 Å². The molecule has 1 aliphatic carbocycles. The average molecular weight is 276 g/mol. The van der Waals surface area contributed by atoms with Crippen LogP contribution in [0, 0.1) is 0 Å². The summed E-state index contributed by atoms with van der Waals surface area (Å²) in [6.45, 7) is 0. The number of rotatable bonds is 2. The highest BCUT2D eigenvalue weighted by Crippen LogP contribution is 2.35. The zero-order chi connectivity index (χ0) is 14.3. The molecule has 106 valence electrons. The first-order valence-electron chi connectivity index (χ1n) is 5.92. The first-order valence-corrected chi connectivity index (χ1v) is 5.92. The predicted octanol–water partition coefficient (Wildman–Crippen LogP) is 1.20. The van der Waals surface area contributed by atoms with Gasteiger partial charge in [0.2, 0.25) is 5.91 Å². The number of nitrogens with zero attached hydrogens (tertiary/aromatic N) is 2. The van der Waals surface area contributed by atoms with Crippen molar-refractivity contribution in [2.75, 3.05) is 0 Å². The third kappa shape index (κ3) is 2.73. The summed E-state index contributed by atoms with van der Waals surface area (Å²) in [4.78, 5) is 11.3. The molecule has 1 heterocycles. The molecule has 0 saturated heterocycles. The van der Waals surface area contributed by atoms with Gasteiger partial charge in [0.1, 0.15) is 0 Å². The van der Waals surface area contributed by atoms with E-state index in [1.165, 1.54) is 4.68 Å². The van der Waals surface area contributed by atoms with Crippen molar-refractivity contribution in [1.82, 2.24) is 9.78 Å². The number of hydrogen-bond donors (Lipinski definition) is 2. The quantitative estimate of drug-likeness (QED) is 0.850. The van der Waals surface area contributed by atoms with E-state index in [-0.39, 0.29) is 12.5 Å². The van der Waals surface area contributed by atoms with Crippen molar-refractivity contribution in [3.63, 3.8) is 0 Å². The number of primary amides is 1. The molecule has 1 saturated carbocycles. The molecule has 1 aliphatic rings. The Morgan fingerprint density at radius 2 is 2.21 bits per heavy atom. The van der Waals surface area contributed by atoms with Gasteiger partial charge in [-0.1, -0.05) is 0 Å². The number of aromatic nitrogens is 2. The van der Waals surface area contributed by atoms with Crippen LogP contribution in [-0.4, -0.2) is 21.2 Å². The first kappa shape index (κ1) is 13.9. The van der Waals surface area contributed by atoms with Gasteiger partial charge in [-0.3, -0.25) is 9.48 Å². The molecule has 19 heavy (non-hydrogen) atoms. The summed E-state index contributed by atoms with van der Waals surface area (Å²) in [5.74, 6) is -0.625. The van der Waals surface area contributed by atoms with Gasteiger partial charge in [0.05, 0.1) is 23.3 Å². The molecule has 0 bridgehead atoms. The summed E-state index contributed by atoms with van der Waals surface area (Å²) >= 11 is 0. The van der Waals surface area contributed by atoms with Crippen molar-refractivity contribution < 1.29 is 18.0 Å². The smallest absolute Gasteiger partial charge is 0.368 e. The molecule has 2 atom stereocenters. The Balaban J connectivity index is 2.18. The SMILES string of the molecule is NC(=O)C1(N)CCCC(n2cc(C(F)(F)F)cn2)C1. The lowest BCUT2D eigenvalue weighted by molar-refractivity contribution is -0.137. The van der Waals surface area contributed by atoms with Crippen molar-refractivity contribution in [3.05, 3.63) is 18.0 Å². The van der Waals surface area contributed by atoms with Crippen LogP contribution in [0.1, 0.15) is 37.3 Å². The first-order chi connectivity index (χ1) is 8.72. The number of hydrogen-bond acceptors (Lipinski definition) is 3. The highest BCUT2D eigenvalue weighted by Gasteiger charge is 2.39. The lowest BCUT2D eigenvalue weighted by Crippen LogP contribution is -2.54. The Morgan fingerprint density at radius 1 is 1.53 bits per heavy atom. The highest BCUT2D eigenvalue weighted by atomic mass is 19.4. The second-order valence-electron chi connectivity index (χ2n) is 4.98. The fourth-order valence-corrected chi connectivity index (χ4v) is 2.41. The van der Waals surface area contributed by atoms with Crippen molar-refractivity contribution in [3.8, 4) is 0 Å². The number of amides is 1. The van der Waals surface area contributed by atoms with Gasteiger partial charge in [0, 0.05) is 6.20 Å². The zero-order valence-corrected chi connectivity index (χ0v) is 10.2. The van der Waals surface area contributed by atoms with Crippen LogP contribution in [0.2, 0.25) is 0 Å². The maximum Gasteiger partial charge on any atom is 0.419 e. The molecular formula is C11H15F3N4O. The molecular weight excluding hydrogens is 261 g/mol. The largest absolute Gasteiger partial charge is 0.419 e. The van der Waals surface area contributed by atoms with Gasteiger partial charge in [-0.05, 0) is 25.7 Å². The van der Waals surface area contributed by atoms with E-state index in [4.69, 9.17) is 11.5 Å². The number of alkyl halides is 3. The second kappa shape index (κ2) is 4.52. The molecule has 1 aromatic rings. The molecule has 1 fully saturated rings. The summed E-state index contributed by atoms with van der Waals surface area (Å²) in [5.41, 5.74) is 9.16. The summed E-state index contributed by atoms with van der Waals surface area (Å²) in [6.07, 6.45) is -0.783. The lowest BCUT2D eigenvalue weighted by Gasteiger charge is -2.35. The van der Waals surface area contributed by atoms with Crippen LogP contribution >= 0.6 is 0 Å². The van der Waals surface area contributed by atoms with Gasteiger partial charge in [0.15, 0.2) is 0 Å². The van der Waals surface area contributed by atoms with E-state index in [1.54, 1.807) is 0 Å². The van der Waals surface area contributed by atoms with Gasteiger partial charge in [-0.15, -0.1) is 0 Å². The monoisotopic (exact) mass is 276 g/mol. The molecule has 4 N–H and O–H groups in total. The Hall–Kier alpha value is -1.57. The van der Waals surface area contributed by atoms with Gasteiger partial charge in [0.25, 0.3) is 0 Å². The van der Waals surface area contributed by atoms with Gasteiger partial charge in [-0.25, -0.2) is 0 Å². The van der Waals surface area contributed by atoms with Crippen LogP contribution in [0.15, 0.2) is 12.4 Å². The third-order valence-electron chi connectivity index (χ3n) is 3.55. The van der Waals surface area contributed by atoms with Crippen LogP contribution in [-0.2, 0) is 11.0 Å². The van der Waals surface area contributed by atoms with E-state index in [1.807, 2.05) is 0 Å². The molecule has 1 amide bonds. The summed E-state index contributed by atoms with van der Waals surface area (Å²) in [6, 6.07) is -0.331. The molecule has 2 unspecified atom stereocenters. The van der Waals surface area contributed by atoms with Crippen LogP contribution in [0.25, 0.3) is 0 Å². The van der Waals surface area contributed by atoms with Crippen molar-refractivity contribution in [2.45, 2.75) is 43.4 Å². The van der Waals surface area contributed by atoms with Crippen LogP contribution in [0.4, 0.5) is 13.2 Å². The Bertz CT molecular complexity index is 485. The maximum absolute atomic E-state index is 12.5. The fraction of sp³-hybridized carbons (Fsp3) is 0.636. The number of carbonyl (C=O) groups is 1. The Labute approximate surface area is 107 Å². The molecule has 0 aromatic carbocycles. The number of nitrogens with two attached hydrogens (primary N) is 2. The standard InChI is InChI=1S/C11H15F3N4O/c12-11(13,14)7-5-17-18(6-7)8-2-1-3-10(16,4-8)9(15)19/h5-6,8H,1-4,16H2,(H2,15,19). The minimum Gasteiger partial charge on any atom is -0.368 e. The second-order valence-corrected chi connectivity index (χ2v) is 4.98. The van der Waals surface area contributed by atoms with Gasteiger partial charge >= 0.3 is 6.18 Å². The van der Waals surface area contributed by atoms with Crippen molar-refractivity contribution in [2.24, 2.45) is 11.5 Å². The van der Waals surface area contributed by atoms with Crippen LogP contribution in [0.3, 0.4) is 0 Å². The molecule has 5 nitrogen and oxygen atoms in total. The van der Waals surface area contributed by atoms with Crippen LogP contribution < -0.4 is 11.5 Å². The lowest BCUT2D eigenvalue weighted by atomic mass is 9.79. The van der Waals surface area contributed by atoms with Crippen molar-refractivity contribution >= 4 is 5.91 Å². The van der Waals surface area contributed by atoms with E-state index >= 15 is 0 Å².